The zero-order chi connectivity index (χ0) is 18.4. The molecule has 0 radical (unpaired) electrons. The number of anilines is 1. The maximum Gasteiger partial charge on any atom is 0.291 e. The molecule has 0 aliphatic carbocycles. The number of halogens is 1. The topological polar surface area (TPSA) is 84.2 Å². The summed E-state index contributed by atoms with van der Waals surface area (Å²) >= 11 is 0. The van der Waals surface area contributed by atoms with Gasteiger partial charge in [0.2, 0.25) is 0 Å². The third-order valence-corrected chi connectivity index (χ3v) is 3.32. The normalized spacial score (nSPS) is 11.0. The van der Waals surface area contributed by atoms with Gasteiger partial charge in [-0.05, 0) is 48.0 Å². The molecule has 26 heavy (non-hydrogen) atoms. The van der Waals surface area contributed by atoms with Crippen molar-refractivity contribution < 1.29 is 18.4 Å². The van der Waals surface area contributed by atoms with E-state index in [0.717, 1.165) is 0 Å². The van der Waals surface area contributed by atoms with Crippen LogP contribution in [0.5, 0.6) is 0 Å². The molecule has 0 aliphatic rings. The van der Waals surface area contributed by atoms with Crippen molar-refractivity contribution in [2.45, 2.75) is 0 Å². The highest BCUT2D eigenvalue weighted by molar-refractivity contribution is 6.10. The van der Waals surface area contributed by atoms with Crippen molar-refractivity contribution in [3.8, 4) is 0 Å². The molecule has 6 nitrogen and oxygen atoms in total. The average molecular weight is 351 g/mol. The Morgan fingerprint density at radius 2 is 2.00 bits per heavy atom. The molecule has 0 atom stereocenters. The SMILES string of the molecule is O=C(Nc1cccc(F)c1)C(=Cc1cccnc1)NC(=O)c1ccco1. The highest BCUT2D eigenvalue weighted by Gasteiger charge is 2.16. The lowest BCUT2D eigenvalue weighted by Crippen LogP contribution is -2.30. The van der Waals surface area contributed by atoms with Gasteiger partial charge in [-0.25, -0.2) is 4.39 Å². The molecule has 0 unspecified atom stereocenters. The van der Waals surface area contributed by atoms with E-state index in [9.17, 15) is 14.0 Å². The van der Waals surface area contributed by atoms with E-state index in [-0.39, 0.29) is 17.1 Å². The van der Waals surface area contributed by atoms with Crippen molar-refractivity contribution in [3.63, 3.8) is 0 Å². The Balaban J connectivity index is 1.85. The summed E-state index contributed by atoms with van der Waals surface area (Å²) < 4.78 is 18.3. The van der Waals surface area contributed by atoms with Crippen molar-refractivity contribution in [2.75, 3.05) is 5.32 Å². The van der Waals surface area contributed by atoms with Gasteiger partial charge in [-0.1, -0.05) is 12.1 Å². The zero-order valence-corrected chi connectivity index (χ0v) is 13.5. The number of hydrogen-bond acceptors (Lipinski definition) is 4. The van der Waals surface area contributed by atoms with Crippen LogP contribution in [0.4, 0.5) is 10.1 Å². The van der Waals surface area contributed by atoms with Crippen LogP contribution in [0.25, 0.3) is 6.08 Å². The maximum atomic E-state index is 13.3. The highest BCUT2D eigenvalue weighted by atomic mass is 19.1. The van der Waals surface area contributed by atoms with Gasteiger partial charge in [0.15, 0.2) is 5.76 Å². The second kappa shape index (κ2) is 7.89. The van der Waals surface area contributed by atoms with Crippen LogP contribution in [0.3, 0.4) is 0 Å². The molecule has 2 heterocycles. The predicted octanol–water partition coefficient (Wildman–Crippen LogP) is 3.22. The zero-order valence-electron chi connectivity index (χ0n) is 13.5. The van der Waals surface area contributed by atoms with Crippen LogP contribution in [-0.4, -0.2) is 16.8 Å². The lowest BCUT2D eigenvalue weighted by atomic mass is 10.2. The summed E-state index contributed by atoms with van der Waals surface area (Å²) in [5.41, 5.74) is 0.833. The molecule has 0 aliphatic heterocycles. The van der Waals surface area contributed by atoms with Crippen molar-refractivity contribution in [1.82, 2.24) is 10.3 Å². The van der Waals surface area contributed by atoms with Crippen LogP contribution < -0.4 is 10.6 Å². The van der Waals surface area contributed by atoms with E-state index >= 15 is 0 Å². The lowest BCUT2D eigenvalue weighted by molar-refractivity contribution is -0.113. The fourth-order valence-electron chi connectivity index (χ4n) is 2.14. The van der Waals surface area contributed by atoms with Crippen molar-refractivity contribution in [3.05, 3.63) is 90.0 Å². The summed E-state index contributed by atoms with van der Waals surface area (Å²) in [5.74, 6) is -1.63. The van der Waals surface area contributed by atoms with Gasteiger partial charge in [0.1, 0.15) is 11.5 Å². The van der Waals surface area contributed by atoms with E-state index in [4.69, 9.17) is 4.42 Å². The number of pyridine rings is 1. The quantitative estimate of drug-likeness (QED) is 0.691. The van der Waals surface area contributed by atoms with Gasteiger partial charge in [-0.2, -0.15) is 0 Å². The molecule has 7 heteroatoms. The molecule has 0 saturated heterocycles. The van der Waals surface area contributed by atoms with Gasteiger partial charge in [-0.15, -0.1) is 0 Å². The number of aromatic nitrogens is 1. The van der Waals surface area contributed by atoms with Gasteiger partial charge in [0, 0.05) is 18.1 Å². The fraction of sp³-hybridized carbons (Fsp3) is 0. The lowest BCUT2D eigenvalue weighted by Gasteiger charge is -2.10. The number of amides is 2. The maximum absolute atomic E-state index is 13.3. The van der Waals surface area contributed by atoms with Crippen LogP contribution >= 0.6 is 0 Å². The molecular weight excluding hydrogens is 337 g/mol. The molecule has 130 valence electrons. The molecule has 0 saturated carbocycles. The second-order valence-corrected chi connectivity index (χ2v) is 5.24. The first-order chi connectivity index (χ1) is 12.6. The minimum absolute atomic E-state index is 0.0383. The molecule has 2 N–H and O–H groups in total. The Morgan fingerprint density at radius 3 is 2.69 bits per heavy atom. The Labute approximate surface area is 148 Å². The number of carbonyl (C=O) groups is 2. The van der Waals surface area contributed by atoms with Crippen LogP contribution in [0.1, 0.15) is 16.1 Å². The number of rotatable bonds is 5. The van der Waals surface area contributed by atoms with Crippen molar-refractivity contribution >= 4 is 23.6 Å². The summed E-state index contributed by atoms with van der Waals surface area (Å²) in [7, 11) is 0. The minimum atomic E-state index is -0.612. The first kappa shape index (κ1) is 17.1. The van der Waals surface area contributed by atoms with E-state index in [1.54, 1.807) is 24.4 Å². The van der Waals surface area contributed by atoms with E-state index in [1.807, 2.05) is 0 Å². The van der Waals surface area contributed by atoms with Crippen molar-refractivity contribution in [1.29, 1.82) is 0 Å². The third-order valence-electron chi connectivity index (χ3n) is 3.32. The number of nitrogens with one attached hydrogen (secondary N) is 2. The van der Waals surface area contributed by atoms with E-state index in [2.05, 4.69) is 15.6 Å². The Hall–Kier alpha value is -3.74. The second-order valence-electron chi connectivity index (χ2n) is 5.24. The summed E-state index contributed by atoms with van der Waals surface area (Å²) in [5, 5.41) is 5.04. The molecule has 1 aromatic carbocycles. The van der Waals surface area contributed by atoms with Crippen LogP contribution in [0.15, 0.2) is 77.3 Å². The first-order valence-electron chi connectivity index (χ1n) is 7.65. The van der Waals surface area contributed by atoms with Gasteiger partial charge in [0.05, 0.1) is 6.26 Å². The molecule has 2 aromatic heterocycles. The number of hydrogen-bond donors (Lipinski definition) is 2. The van der Waals surface area contributed by atoms with Gasteiger partial charge in [0.25, 0.3) is 11.8 Å². The van der Waals surface area contributed by atoms with Crippen molar-refractivity contribution in [2.24, 2.45) is 0 Å². The summed E-state index contributed by atoms with van der Waals surface area (Å²) in [6.07, 6.45) is 5.94. The molecule has 0 fully saturated rings. The summed E-state index contributed by atoms with van der Waals surface area (Å²) in [4.78, 5) is 28.7. The summed E-state index contributed by atoms with van der Waals surface area (Å²) in [6, 6.07) is 11.9. The van der Waals surface area contributed by atoms with Gasteiger partial charge >= 0.3 is 0 Å². The van der Waals surface area contributed by atoms with Crippen LogP contribution in [0.2, 0.25) is 0 Å². The van der Waals surface area contributed by atoms with Crippen LogP contribution in [-0.2, 0) is 4.79 Å². The smallest absolute Gasteiger partial charge is 0.291 e. The van der Waals surface area contributed by atoms with E-state index < -0.39 is 17.6 Å². The number of nitrogens with zero attached hydrogens (tertiary/aromatic N) is 1. The molecular formula is C19H14FN3O3. The number of furan rings is 1. The first-order valence-corrected chi connectivity index (χ1v) is 7.65. The minimum Gasteiger partial charge on any atom is -0.459 e. The molecule has 0 bridgehead atoms. The number of benzene rings is 1. The third kappa shape index (κ3) is 4.41. The monoisotopic (exact) mass is 351 g/mol. The molecule has 0 spiro atoms. The Kier molecular flexibility index (Phi) is 5.19. The number of carbonyl (C=O) groups excluding carboxylic acids is 2. The van der Waals surface area contributed by atoms with Gasteiger partial charge in [-0.3, -0.25) is 14.6 Å². The summed E-state index contributed by atoms with van der Waals surface area (Å²) in [6.45, 7) is 0. The van der Waals surface area contributed by atoms with Gasteiger partial charge < -0.3 is 15.1 Å². The predicted molar refractivity (Wildman–Crippen MR) is 93.4 cm³/mol. The van der Waals surface area contributed by atoms with E-state index in [0.29, 0.717) is 5.56 Å². The molecule has 2 amide bonds. The Morgan fingerprint density at radius 1 is 1.12 bits per heavy atom. The standard InChI is InChI=1S/C19H14FN3O3/c20-14-5-1-6-15(11-14)22-18(24)16(10-13-4-2-8-21-12-13)23-19(25)17-7-3-9-26-17/h1-12H,(H,22,24)(H,23,25). The van der Waals surface area contributed by atoms with Crippen LogP contribution in [0, 0.1) is 5.82 Å². The Bertz CT molecular complexity index is 938. The van der Waals surface area contributed by atoms with E-state index in [1.165, 1.54) is 48.9 Å². The largest absolute Gasteiger partial charge is 0.459 e. The average Bonchev–Trinajstić information content (AvgIpc) is 3.17. The molecule has 3 rings (SSSR count). The fourth-order valence-corrected chi connectivity index (χ4v) is 2.14. The highest BCUT2D eigenvalue weighted by Crippen LogP contribution is 2.12. The molecule has 3 aromatic rings.